The van der Waals surface area contributed by atoms with E-state index in [-0.39, 0.29) is 29.4 Å². The van der Waals surface area contributed by atoms with Crippen molar-refractivity contribution in [3.63, 3.8) is 0 Å². The van der Waals surface area contributed by atoms with Gasteiger partial charge in [0.15, 0.2) is 0 Å². The fourth-order valence-corrected chi connectivity index (χ4v) is 3.77. The average molecular weight is 323 g/mol. The van der Waals surface area contributed by atoms with Crippen molar-refractivity contribution in [3.05, 3.63) is 29.6 Å². The number of sulfonamides is 1. The number of halogens is 2. The van der Waals surface area contributed by atoms with E-state index in [1.807, 2.05) is 0 Å². The van der Waals surface area contributed by atoms with Gasteiger partial charge >= 0.3 is 0 Å². The summed E-state index contributed by atoms with van der Waals surface area (Å²) in [6, 6.07) is 3.59. The maximum atomic E-state index is 13.7. The van der Waals surface area contributed by atoms with E-state index in [1.165, 1.54) is 12.1 Å². The maximum absolute atomic E-state index is 13.7. The molecule has 1 saturated carbocycles. The molecule has 0 unspecified atom stereocenters. The molecular formula is C13H20ClFN2O2S. The van der Waals surface area contributed by atoms with E-state index >= 15 is 0 Å². The van der Waals surface area contributed by atoms with Crippen LogP contribution in [0.1, 0.15) is 31.2 Å². The molecule has 0 aromatic heterocycles. The van der Waals surface area contributed by atoms with Crippen LogP contribution in [0.3, 0.4) is 0 Å². The normalized spacial score (nSPS) is 23.1. The second-order valence-corrected chi connectivity index (χ2v) is 6.79. The molecule has 2 atom stereocenters. The van der Waals surface area contributed by atoms with Crippen molar-refractivity contribution in [2.45, 2.75) is 49.6 Å². The van der Waals surface area contributed by atoms with E-state index in [2.05, 4.69) is 4.72 Å². The van der Waals surface area contributed by atoms with Crippen molar-refractivity contribution in [1.82, 2.24) is 4.72 Å². The largest absolute Gasteiger partial charge is 0.326 e. The lowest BCUT2D eigenvalue weighted by Gasteiger charge is -2.29. The van der Waals surface area contributed by atoms with Gasteiger partial charge < -0.3 is 5.73 Å². The molecule has 1 fully saturated rings. The van der Waals surface area contributed by atoms with Crippen LogP contribution in [0.4, 0.5) is 4.39 Å². The zero-order valence-electron chi connectivity index (χ0n) is 11.3. The van der Waals surface area contributed by atoms with E-state index in [0.717, 1.165) is 19.3 Å². The Morgan fingerprint density at radius 3 is 2.55 bits per heavy atom. The monoisotopic (exact) mass is 322 g/mol. The number of benzene rings is 1. The topological polar surface area (TPSA) is 72.2 Å². The minimum atomic E-state index is -3.85. The van der Waals surface area contributed by atoms with Crippen molar-refractivity contribution in [2.24, 2.45) is 5.73 Å². The molecule has 114 valence electrons. The van der Waals surface area contributed by atoms with Crippen LogP contribution in [0, 0.1) is 12.7 Å². The predicted octanol–water partition coefficient (Wildman–Crippen LogP) is 2.10. The molecule has 1 aromatic rings. The molecule has 7 heteroatoms. The second kappa shape index (κ2) is 6.85. The molecule has 4 nitrogen and oxygen atoms in total. The highest BCUT2D eigenvalue weighted by atomic mass is 35.5. The Bertz CT molecular complexity index is 565. The molecule has 1 aliphatic rings. The van der Waals surface area contributed by atoms with Crippen LogP contribution >= 0.6 is 12.4 Å². The van der Waals surface area contributed by atoms with E-state index < -0.39 is 15.8 Å². The first-order chi connectivity index (χ1) is 8.90. The van der Waals surface area contributed by atoms with Gasteiger partial charge in [0, 0.05) is 12.1 Å². The van der Waals surface area contributed by atoms with Crippen molar-refractivity contribution in [3.8, 4) is 0 Å². The van der Waals surface area contributed by atoms with Crippen LogP contribution in [0.15, 0.2) is 23.1 Å². The summed E-state index contributed by atoms with van der Waals surface area (Å²) in [5, 5.41) is 0. The summed E-state index contributed by atoms with van der Waals surface area (Å²) in [6.07, 6.45) is 3.45. The van der Waals surface area contributed by atoms with Crippen LogP contribution in [0.25, 0.3) is 0 Å². The summed E-state index contributed by atoms with van der Waals surface area (Å²) < 4.78 is 40.6. The first-order valence-electron chi connectivity index (χ1n) is 6.44. The van der Waals surface area contributed by atoms with Crippen molar-refractivity contribution in [1.29, 1.82) is 0 Å². The molecule has 1 aliphatic carbocycles. The standard InChI is InChI=1S/C13H19FN2O2S.ClH/c1-9-6-7-13(10(14)8-9)19(17,18)16-12-5-3-2-4-11(12)15;/h6-8,11-12,16H,2-5,15H2,1H3;1H/t11-,12-;/m1./s1. The molecule has 0 aliphatic heterocycles. The molecule has 0 heterocycles. The van der Waals surface area contributed by atoms with E-state index in [0.29, 0.717) is 12.0 Å². The fraction of sp³-hybridized carbons (Fsp3) is 0.538. The summed E-state index contributed by atoms with van der Waals surface area (Å²) >= 11 is 0. The summed E-state index contributed by atoms with van der Waals surface area (Å²) in [5.41, 5.74) is 6.59. The Morgan fingerprint density at radius 2 is 1.95 bits per heavy atom. The Hall–Kier alpha value is -0.690. The minimum absolute atomic E-state index is 0. The zero-order valence-corrected chi connectivity index (χ0v) is 12.9. The highest BCUT2D eigenvalue weighted by Gasteiger charge is 2.28. The maximum Gasteiger partial charge on any atom is 0.243 e. The van der Waals surface area contributed by atoms with Gasteiger partial charge in [-0.2, -0.15) is 0 Å². The number of rotatable bonds is 3. The first kappa shape index (κ1) is 17.4. The van der Waals surface area contributed by atoms with Gasteiger partial charge in [-0.05, 0) is 37.5 Å². The fourth-order valence-electron chi connectivity index (χ4n) is 2.39. The van der Waals surface area contributed by atoms with Crippen LogP contribution in [-0.4, -0.2) is 20.5 Å². The lowest BCUT2D eigenvalue weighted by Crippen LogP contribution is -2.49. The SMILES string of the molecule is Cc1ccc(S(=O)(=O)N[C@@H]2CCCC[C@H]2N)c(F)c1.Cl. The molecule has 3 N–H and O–H groups in total. The number of nitrogens with one attached hydrogen (secondary N) is 1. The molecule has 0 amide bonds. The number of hydrogen-bond donors (Lipinski definition) is 2. The Kier molecular flexibility index (Phi) is 5.94. The molecule has 2 rings (SSSR count). The molecule has 0 saturated heterocycles. The van der Waals surface area contributed by atoms with Gasteiger partial charge in [-0.1, -0.05) is 18.9 Å². The van der Waals surface area contributed by atoms with Crippen LogP contribution in [0.5, 0.6) is 0 Å². The van der Waals surface area contributed by atoms with Crippen molar-refractivity contribution < 1.29 is 12.8 Å². The highest BCUT2D eigenvalue weighted by molar-refractivity contribution is 7.89. The van der Waals surface area contributed by atoms with Gasteiger partial charge in [-0.3, -0.25) is 0 Å². The average Bonchev–Trinajstić information content (AvgIpc) is 2.31. The third-order valence-corrected chi connectivity index (χ3v) is 5.03. The quantitative estimate of drug-likeness (QED) is 0.895. The number of nitrogens with two attached hydrogens (primary N) is 1. The zero-order chi connectivity index (χ0) is 14.0. The summed E-state index contributed by atoms with van der Waals surface area (Å²) in [5.74, 6) is -0.725. The third kappa shape index (κ3) is 3.91. The first-order valence-corrected chi connectivity index (χ1v) is 7.92. The molecule has 0 bridgehead atoms. The van der Waals surface area contributed by atoms with Gasteiger partial charge in [0.25, 0.3) is 0 Å². The third-order valence-electron chi connectivity index (χ3n) is 3.50. The summed E-state index contributed by atoms with van der Waals surface area (Å²) in [4.78, 5) is -0.309. The lowest BCUT2D eigenvalue weighted by atomic mass is 9.92. The smallest absolute Gasteiger partial charge is 0.243 e. The highest BCUT2D eigenvalue weighted by Crippen LogP contribution is 2.21. The Labute approximate surface area is 125 Å². The second-order valence-electron chi connectivity index (χ2n) is 5.11. The van der Waals surface area contributed by atoms with E-state index in [9.17, 15) is 12.8 Å². The van der Waals surface area contributed by atoms with Gasteiger partial charge in [0.1, 0.15) is 10.7 Å². The molecule has 0 spiro atoms. The van der Waals surface area contributed by atoms with Crippen LogP contribution < -0.4 is 10.5 Å². The van der Waals surface area contributed by atoms with Gasteiger partial charge in [0.05, 0.1) is 0 Å². The van der Waals surface area contributed by atoms with Gasteiger partial charge in [-0.25, -0.2) is 17.5 Å². The predicted molar refractivity (Wildman–Crippen MR) is 78.9 cm³/mol. The lowest BCUT2D eigenvalue weighted by molar-refractivity contribution is 0.360. The van der Waals surface area contributed by atoms with Crippen LogP contribution in [-0.2, 0) is 10.0 Å². The minimum Gasteiger partial charge on any atom is -0.326 e. The van der Waals surface area contributed by atoms with E-state index in [4.69, 9.17) is 5.73 Å². The Balaban J connectivity index is 0.00000200. The summed E-state index contributed by atoms with van der Waals surface area (Å²) in [6.45, 7) is 1.71. The van der Waals surface area contributed by atoms with Crippen molar-refractivity contribution >= 4 is 22.4 Å². The molecular weight excluding hydrogens is 303 g/mol. The van der Waals surface area contributed by atoms with Crippen LogP contribution in [0.2, 0.25) is 0 Å². The van der Waals surface area contributed by atoms with Gasteiger partial charge in [0.2, 0.25) is 10.0 Å². The van der Waals surface area contributed by atoms with Crippen molar-refractivity contribution in [2.75, 3.05) is 0 Å². The van der Waals surface area contributed by atoms with E-state index in [1.54, 1.807) is 13.0 Å². The Morgan fingerprint density at radius 1 is 1.30 bits per heavy atom. The number of aryl methyl sites for hydroxylation is 1. The molecule has 0 radical (unpaired) electrons. The van der Waals surface area contributed by atoms with Gasteiger partial charge in [-0.15, -0.1) is 12.4 Å². The summed E-state index contributed by atoms with van der Waals surface area (Å²) in [7, 11) is -3.85. The molecule has 1 aromatic carbocycles. The number of hydrogen-bond acceptors (Lipinski definition) is 3. The molecule has 20 heavy (non-hydrogen) atoms.